The summed E-state index contributed by atoms with van der Waals surface area (Å²) in [5.74, 6) is 0.995. The molecular formula is C28H26FNO5. The van der Waals surface area contributed by atoms with Crippen molar-refractivity contribution in [2.45, 2.75) is 32.3 Å². The molecule has 0 fully saturated rings. The van der Waals surface area contributed by atoms with E-state index in [1.165, 1.54) is 25.3 Å². The maximum Gasteiger partial charge on any atom is 0.197 e. The van der Waals surface area contributed by atoms with E-state index in [0.717, 1.165) is 5.56 Å². The van der Waals surface area contributed by atoms with Gasteiger partial charge in [-0.15, -0.1) is 0 Å². The molecule has 5 rings (SSSR count). The molecule has 35 heavy (non-hydrogen) atoms. The Hall–Kier alpha value is -3.84. The number of hydrogen-bond donors (Lipinski definition) is 2. The first kappa shape index (κ1) is 22.9. The Morgan fingerprint density at radius 3 is 2.54 bits per heavy atom. The number of H-pyrrole nitrogens is 1. The summed E-state index contributed by atoms with van der Waals surface area (Å²) in [6.07, 6.45) is -0.839. The fourth-order valence-corrected chi connectivity index (χ4v) is 4.38. The van der Waals surface area contributed by atoms with E-state index in [4.69, 9.17) is 14.2 Å². The van der Waals surface area contributed by atoms with Gasteiger partial charge in [0.05, 0.1) is 30.5 Å². The zero-order valence-corrected chi connectivity index (χ0v) is 19.9. The van der Waals surface area contributed by atoms with Crippen molar-refractivity contribution in [2.24, 2.45) is 0 Å². The topological polar surface area (TPSA) is 80.8 Å². The predicted octanol–water partition coefficient (Wildman–Crippen LogP) is 5.86. The zero-order valence-electron chi connectivity index (χ0n) is 19.9. The lowest BCUT2D eigenvalue weighted by atomic mass is 9.84. The number of methoxy groups -OCH3 is 1. The number of aromatic amines is 1. The molecule has 1 aliphatic heterocycles. The van der Waals surface area contributed by atoms with Gasteiger partial charge in [0.25, 0.3) is 0 Å². The lowest BCUT2D eigenvalue weighted by Gasteiger charge is -2.31. The minimum absolute atomic E-state index is 0.218. The molecule has 2 N–H and O–H groups in total. The summed E-state index contributed by atoms with van der Waals surface area (Å²) >= 11 is 0. The van der Waals surface area contributed by atoms with Crippen LogP contribution in [-0.2, 0) is 5.41 Å². The summed E-state index contributed by atoms with van der Waals surface area (Å²) in [4.78, 5) is 16.8. The van der Waals surface area contributed by atoms with Crippen molar-refractivity contribution in [1.29, 1.82) is 0 Å². The van der Waals surface area contributed by atoms with Gasteiger partial charge in [-0.2, -0.15) is 0 Å². The number of rotatable bonds is 4. The second-order valence-electron chi connectivity index (χ2n) is 9.57. The molecule has 0 saturated carbocycles. The lowest BCUT2D eigenvalue weighted by molar-refractivity contribution is 0.113. The Kier molecular flexibility index (Phi) is 5.52. The van der Waals surface area contributed by atoms with Gasteiger partial charge in [0.2, 0.25) is 0 Å². The van der Waals surface area contributed by atoms with E-state index < -0.39 is 11.9 Å². The monoisotopic (exact) mass is 475 g/mol. The quantitative estimate of drug-likeness (QED) is 0.387. The van der Waals surface area contributed by atoms with Gasteiger partial charge in [0.15, 0.2) is 23.0 Å². The summed E-state index contributed by atoms with van der Waals surface area (Å²) < 4.78 is 31.7. The van der Waals surface area contributed by atoms with Crippen LogP contribution in [0.25, 0.3) is 22.2 Å². The van der Waals surface area contributed by atoms with E-state index in [-0.39, 0.29) is 23.2 Å². The SMILES string of the molecule is COc1cc(F)ccc1Oc1cc(C(C)(C)C)cc2c1-c1[nH]c3ccccc3c(=O)c1C(CO)O2. The van der Waals surface area contributed by atoms with Crippen molar-refractivity contribution in [3.05, 3.63) is 81.8 Å². The molecule has 0 saturated heterocycles. The van der Waals surface area contributed by atoms with Gasteiger partial charge >= 0.3 is 0 Å². The van der Waals surface area contributed by atoms with Crippen LogP contribution in [0.4, 0.5) is 4.39 Å². The van der Waals surface area contributed by atoms with Crippen molar-refractivity contribution in [3.8, 4) is 34.3 Å². The first-order valence-electron chi connectivity index (χ1n) is 11.3. The maximum atomic E-state index is 13.8. The summed E-state index contributed by atoms with van der Waals surface area (Å²) in [6.45, 7) is 5.82. The van der Waals surface area contributed by atoms with Crippen molar-refractivity contribution in [1.82, 2.24) is 4.98 Å². The number of hydrogen-bond acceptors (Lipinski definition) is 5. The number of nitrogens with one attached hydrogen (secondary N) is 1. The molecule has 7 heteroatoms. The number of ether oxygens (including phenoxy) is 3. The molecule has 3 aromatic carbocycles. The van der Waals surface area contributed by atoms with Crippen LogP contribution in [0.2, 0.25) is 0 Å². The molecule has 0 aliphatic carbocycles. The fraction of sp³-hybridized carbons (Fsp3) is 0.250. The number of aliphatic hydroxyl groups excluding tert-OH is 1. The Labute approximate surface area is 201 Å². The van der Waals surface area contributed by atoms with E-state index >= 15 is 0 Å². The van der Waals surface area contributed by atoms with Gasteiger partial charge in [0, 0.05) is 17.0 Å². The molecule has 4 aromatic rings. The third-order valence-electron chi connectivity index (χ3n) is 6.23. The van der Waals surface area contributed by atoms with Gasteiger partial charge in [-0.25, -0.2) is 4.39 Å². The Morgan fingerprint density at radius 2 is 1.83 bits per heavy atom. The van der Waals surface area contributed by atoms with Crippen LogP contribution in [0.5, 0.6) is 23.0 Å². The minimum Gasteiger partial charge on any atom is -0.493 e. The first-order chi connectivity index (χ1) is 16.7. The average molecular weight is 476 g/mol. The van der Waals surface area contributed by atoms with Crippen molar-refractivity contribution < 1.29 is 23.7 Å². The summed E-state index contributed by atoms with van der Waals surface area (Å²) in [7, 11) is 1.44. The van der Waals surface area contributed by atoms with E-state index in [1.54, 1.807) is 12.1 Å². The highest BCUT2D eigenvalue weighted by Crippen LogP contribution is 2.49. The van der Waals surface area contributed by atoms with Gasteiger partial charge in [-0.3, -0.25) is 4.79 Å². The minimum atomic E-state index is -0.839. The highest BCUT2D eigenvalue weighted by molar-refractivity contribution is 5.87. The molecule has 1 unspecified atom stereocenters. The number of fused-ring (bicyclic) bond motifs is 4. The van der Waals surface area contributed by atoms with Crippen LogP contribution in [0.3, 0.4) is 0 Å². The van der Waals surface area contributed by atoms with Crippen molar-refractivity contribution >= 4 is 10.9 Å². The molecule has 1 atom stereocenters. The predicted molar refractivity (Wildman–Crippen MR) is 132 cm³/mol. The van der Waals surface area contributed by atoms with Crippen LogP contribution in [-0.4, -0.2) is 23.8 Å². The molecule has 0 spiro atoms. The largest absolute Gasteiger partial charge is 0.493 e. The number of para-hydroxylation sites is 1. The van der Waals surface area contributed by atoms with E-state index in [2.05, 4.69) is 25.8 Å². The molecule has 6 nitrogen and oxygen atoms in total. The highest BCUT2D eigenvalue weighted by atomic mass is 19.1. The highest BCUT2D eigenvalue weighted by Gasteiger charge is 2.34. The van der Waals surface area contributed by atoms with Crippen LogP contribution in [0, 0.1) is 5.82 Å². The summed E-state index contributed by atoms with van der Waals surface area (Å²) in [5.41, 5.74) is 2.51. The van der Waals surface area contributed by atoms with Crippen LogP contribution in [0.15, 0.2) is 59.4 Å². The first-order valence-corrected chi connectivity index (χ1v) is 11.3. The number of aromatic nitrogens is 1. The van der Waals surface area contributed by atoms with Gasteiger partial charge in [0.1, 0.15) is 17.3 Å². The average Bonchev–Trinajstić information content (AvgIpc) is 2.83. The lowest BCUT2D eigenvalue weighted by Crippen LogP contribution is -2.27. The van der Waals surface area contributed by atoms with Crippen LogP contribution >= 0.6 is 0 Å². The number of halogens is 1. The van der Waals surface area contributed by atoms with Gasteiger partial charge < -0.3 is 24.3 Å². The van der Waals surface area contributed by atoms with E-state index in [0.29, 0.717) is 45.0 Å². The zero-order chi connectivity index (χ0) is 24.9. The Morgan fingerprint density at radius 1 is 1.06 bits per heavy atom. The third kappa shape index (κ3) is 3.91. The molecule has 1 aliphatic rings. The smallest absolute Gasteiger partial charge is 0.197 e. The Balaban J connectivity index is 1.82. The molecule has 2 heterocycles. The second-order valence-corrected chi connectivity index (χ2v) is 9.57. The molecule has 0 radical (unpaired) electrons. The van der Waals surface area contributed by atoms with Gasteiger partial charge in [-0.1, -0.05) is 32.9 Å². The normalized spacial score (nSPS) is 14.7. The van der Waals surface area contributed by atoms with Crippen LogP contribution < -0.4 is 19.6 Å². The van der Waals surface area contributed by atoms with Crippen molar-refractivity contribution in [3.63, 3.8) is 0 Å². The Bertz CT molecular complexity index is 1500. The molecule has 1 aromatic heterocycles. The van der Waals surface area contributed by atoms with E-state index in [9.17, 15) is 14.3 Å². The molecule has 0 amide bonds. The van der Waals surface area contributed by atoms with Crippen molar-refractivity contribution in [2.75, 3.05) is 13.7 Å². The summed E-state index contributed by atoms with van der Waals surface area (Å²) in [6, 6.07) is 15.0. The standard InChI is InChI=1S/C28H26FNO5/c1-28(2,3)15-11-21(34-19-10-9-16(29)13-20(19)33-4)24-22(12-15)35-23(14-31)25-26(24)30-18-8-6-5-7-17(18)27(25)32/h5-13,23,31H,14H2,1-4H3,(H,30,32). The molecule has 180 valence electrons. The second kappa shape index (κ2) is 8.43. The molecule has 0 bridgehead atoms. The molecular weight excluding hydrogens is 449 g/mol. The van der Waals surface area contributed by atoms with Gasteiger partial charge in [-0.05, 0) is 47.4 Å². The number of pyridine rings is 1. The number of benzene rings is 3. The number of aliphatic hydroxyl groups is 1. The fourth-order valence-electron chi connectivity index (χ4n) is 4.38. The van der Waals surface area contributed by atoms with Crippen LogP contribution in [0.1, 0.15) is 38.0 Å². The van der Waals surface area contributed by atoms with E-state index in [1.807, 2.05) is 24.3 Å². The summed E-state index contributed by atoms with van der Waals surface area (Å²) in [5, 5.41) is 10.6. The maximum absolute atomic E-state index is 13.8. The third-order valence-corrected chi connectivity index (χ3v) is 6.23.